The highest BCUT2D eigenvalue weighted by molar-refractivity contribution is 5.49. The van der Waals surface area contributed by atoms with E-state index in [4.69, 9.17) is 0 Å². The maximum absolute atomic E-state index is 4.64. The molecule has 1 unspecified atom stereocenters. The SMILES string of the molecule is CCNc1cc(N(C)C(C)C(C)(C)C)nc(CC)n1. The average Bonchev–Trinajstić information content (AvgIpc) is 2.35. The van der Waals surface area contributed by atoms with Crippen LogP contribution in [0, 0.1) is 5.41 Å². The van der Waals surface area contributed by atoms with Gasteiger partial charge in [0.25, 0.3) is 0 Å². The molecule has 0 aliphatic heterocycles. The van der Waals surface area contributed by atoms with Crippen LogP contribution in [0.25, 0.3) is 0 Å². The Kier molecular flexibility index (Phi) is 5.15. The van der Waals surface area contributed by atoms with Crippen LogP contribution in [0.15, 0.2) is 6.07 Å². The van der Waals surface area contributed by atoms with Crippen molar-refractivity contribution in [1.29, 1.82) is 0 Å². The first-order valence-electron chi connectivity index (χ1n) is 7.14. The maximum atomic E-state index is 4.64. The molecule has 4 nitrogen and oxygen atoms in total. The molecule has 0 aliphatic carbocycles. The Morgan fingerprint density at radius 1 is 1.26 bits per heavy atom. The lowest BCUT2D eigenvalue weighted by molar-refractivity contribution is 0.328. The van der Waals surface area contributed by atoms with Crippen molar-refractivity contribution < 1.29 is 0 Å². The van der Waals surface area contributed by atoms with Crippen LogP contribution in [0.5, 0.6) is 0 Å². The molecule has 0 aliphatic rings. The molecule has 1 heterocycles. The van der Waals surface area contributed by atoms with E-state index in [1.807, 2.05) is 6.07 Å². The molecule has 108 valence electrons. The van der Waals surface area contributed by atoms with E-state index in [0.717, 1.165) is 30.4 Å². The molecule has 1 N–H and O–H groups in total. The topological polar surface area (TPSA) is 41.0 Å². The van der Waals surface area contributed by atoms with Crippen LogP contribution in [0.3, 0.4) is 0 Å². The van der Waals surface area contributed by atoms with E-state index < -0.39 is 0 Å². The second-order valence-corrected chi connectivity index (χ2v) is 6.06. The zero-order chi connectivity index (χ0) is 14.6. The molecule has 0 saturated heterocycles. The zero-order valence-electron chi connectivity index (χ0n) is 13.4. The molecule has 1 aromatic heterocycles. The van der Waals surface area contributed by atoms with Crippen LogP contribution in [0.4, 0.5) is 11.6 Å². The molecule has 4 heteroatoms. The van der Waals surface area contributed by atoms with Gasteiger partial charge in [-0.1, -0.05) is 27.7 Å². The summed E-state index contributed by atoms with van der Waals surface area (Å²) in [5.74, 6) is 2.80. The summed E-state index contributed by atoms with van der Waals surface area (Å²) in [4.78, 5) is 11.4. The van der Waals surface area contributed by atoms with Crippen molar-refractivity contribution in [3.8, 4) is 0 Å². The molecule has 0 fully saturated rings. The largest absolute Gasteiger partial charge is 0.370 e. The van der Waals surface area contributed by atoms with E-state index in [2.05, 4.69) is 68.8 Å². The van der Waals surface area contributed by atoms with Gasteiger partial charge < -0.3 is 10.2 Å². The van der Waals surface area contributed by atoms with E-state index in [1.54, 1.807) is 0 Å². The Labute approximate surface area is 117 Å². The van der Waals surface area contributed by atoms with Crippen molar-refractivity contribution in [2.75, 3.05) is 23.8 Å². The minimum atomic E-state index is 0.213. The maximum Gasteiger partial charge on any atom is 0.134 e. The summed E-state index contributed by atoms with van der Waals surface area (Å²) in [5.41, 5.74) is 0.213. The van der Waals surface area contributed by atoms with E-state index in [-0.39, 0.29) is 5.41 Å². The Morgan fingerprint density at radius 3 is 2.37 bits per heavy atom. The third kappa shape index (κ3) is 4.08. The van der Waals surface area contributed by atoms with E-state index in [1.165, 1.54) is 0 Å². The fraction of sp³-hybridized carbons (Fsp3) is 0.733. The van der Waals surface area contributed by atoms with Crippen molar-refractivity contribution in [2.45, 2.75) is 54.0 Å². The van der Waals surface area contributed by atoms with Crippen LogP contribution < -0.4 is 10.2 Å². The summed E-state index contributed by atoms with van der Waals surface area (Å²) in [6.07, 6.45) is 0.851. The third-order valence-corrected chi connectivity index (χ3v) is 3.63. The predicted molar refractivity (Wildman–Crippen MR) is 82.9 cm³/mol. The summed E-state index contributed by atoms with van der Waals surface area (Å²) >= 11 is 0. The summed E-state index contributed by atoms with van der Waals surface area (Å²) in [6, 6.07) is 2.44. The molecule has 0 radical (unpaired) electrons. The van der Waals surface area contributed by atoms with E-state index in [0.29, 0.717) is 6.04 Å². The fourth-order valence-corrected chi connectivity index (χ4v) is 1.87. The smallest absolute Gasteiger partial charge is 0.134 e. The number of hydrogen-bond acceptors (Lipinski definition) is 4. The number of anilines is 2. The summed E-state index contributed by atoms with van der Waals surface area (Å²) in [6.45, 7) is 14.0. The molecular weight excluding hydrogens is 236 g/mol. The van der Waals surface area contributed by atoms with Gasteiger partial charge in [-0.25, -0.2) is 9.97 Å². The highest BCUT2D eigenvalue weighted by atomic mass is 15.2. The molecule has 0 saturated carbocycles. The van der Waals surface area contributed by atoms with Gasteiger partial charge in [0.15, 0.2) is 0 Å². The Hall–Kier alpha value is -1.32. The fourth-order valence-electron chi connectivity index (χ4n) is 1.87. The average molecular weight is 264 g/mol. The highest BCUT2D eigenvalue weighted by Crippen LogP contribution is 2.27. The quantitative estimate of drug-likeness (QED) is 0.885. The lowest BCUT2D eigenvalue weighted by Gasteiger charge is -2.36. The van der Waals surface area contributed by atoms with Crippen molar-refractivity contribution in [3.05, 3.63) is 11.9 Å². The molecule has 19 heavy (non-hydrogen) atoms. The molecular formula is C15H28N4. The standard InChI is InChI=1S/C15H28N4/c1-8-12-17-13(16-9-2)10-14(18-12)19(7)11(3)15(4,5)6/h10-11H,8-9H2,1-7H3,(H,16,17,18). The number of aromatic nitrogens is 2. The monoisotopic (exact) mass is 264 g/mol. The van der Waals surface area contributed by atoms with Gasteiger partial charge in [-0.15, -0.1) is 0 Å². The minimum Gasteiger partial charge on any atom is -0.370 e. The van der Waals surface area contributed by atoms with Gasteiger partial charge in [0.1, 0.15) is 17.5 Å². The van der Waals surface area contributed by atoms with Gasteiger partial charge in [0.2, 0.25) is 0 Å². The first-order valence-corrected chi connectivity index (χ1v) is 7.14. The molecule has 1 aromatic rings. The Balaban J connectivity index is 3.07. The van der Waals surface area contributed by atoms with E-state index in [9.17, 15) is 0 Å². The normalized spacial score (nSPS) is 13.2. The molecule has 1 atom stereocenters. The Bertz CT molecular complexity index is 409. The molecule has 1 rings (SSSR count). The van der Waals surface area contributed by atoms with Gasteiger partial charge in [-0.3, -0.25) is 0 Å². The molecule has 0 amide bonds. The van der Waals surface area contributed by atoms with Gasteiger partial charge in [0.05, 0.1) is 0 Å². The summed E-state index contributed by atoms with van der Waals surface area (Å²) in [5, 5.41) is 3.28. The van der Waals surface area contributed by atoms with Crippen molar-refractivity contribution in [3.63, 3.8) is 0 Å². The molecule has 0 spiro atoms. The number of hydrogen-bond donors (Lipinski definition) is 1. The first-order chi connectivity index (χ1) is 8.79. The van der Waals surface area contributed by atoms with E-state index >= 15 is 0 Å². The van der Waals surface area contributed by atoms with Gasteiger partial charge in [0, 0.05) is 32.1 Å². The second kappa shape index (κ2) is 6.22. The van der Waals surface area contributed by atoms with Crippen LogP contribution in [-0.4, -0.2) is 29.6 Å². The summed E-state index contributed by atoms with van der Waals surface area (Å²) < 4.78 is 0. The third-order valence-electron chi connectivity index (χ3n) is 3.63. The van der Waals surface area contributed by atoms with Crippen LogP contribution in [0.2, 0.25) is 0 Å². The summed E-state index contributed by atoms with van der Waals surface area (Å²) in [7, 11) is 2.10. The van der Waals surface area contributed by atoms with Crippen molar-refractivity contribution >= 4 is 11.6 Å². The van der Waals surface area contributed by atoms with Crippen LogP contribution in [0.1, 0.15) is 47.4 Å². The number of nitrogens with zero attached hydrogens (tertiary/aromatic N) is 3. The van der Waals surface area contributed by atoms with Crippen LogP contribution in [-0.2, 0) is 6.42 Å². The van der Waals surface area contributed by atoms with Crippen molar-refractivity contribution in [1.82, 2.24) is 9.97 Å². The van der Waals surface area contributed by atoms with Gasteiger partial charge >= 0.3 is 0 Å². The predicted octanol–water partition coefficient (Wildman–Crippen LogP) is 3.34. The first kappa shape index (κ1) is 15.7. The van der Waals surface area contributed by atoms with Gasteiger partial charge in [-0.05, 0) is 19.3 Å². The highest BCUT2D eigenvalue weighted by Gasteiger charge is 2.25. The second-order valence-electron chi connectivity index (χ2n) is 6.06. The van der Waals surface area contributed by atoms with Crippen molar-refractivity contribution in [2.24, 2.45) is 5.41 Å². The minimum absolute atomic E-state index is 0.213. The van der Waals surface area contributed by atoms with Crippen LogP contribution >= 0.6 is 0 Å². The van der Waals surface area contributed by atoms with Gasteiger partial charge in [-0.2, -0.15) is 0 Å². The Morgan fingerprint density at radius 2 is 1.89 bits per heavy atom. The lowest BCUT2D eigenvalue weighted by Crippen LogP contribution is -2.40. The number of aryl methyl sites for hydroxylation is 1. The molecule has 0 bridgehead atoms. The number of nitrogens with one attached hydrogen (secondary N) is 1. The number of rotatable bonds is 5. The zero-order valence-corrected chi connectivity index (χ0v) is 13.4. The molecule has 0 aromatic carbocycles. The lowest BCUT2D eigenvalue weighted by atomic mass is 9.87.